The van der Waals surface area contributed by atoms with Crippen LogP contribution in [0.4, 0.5) is 5.69 Å². The molecule has 1 fully saturated rings. The lowest BCUT2D eigenvalue weighted by atomic mass is 9.83. The quantitative estimate of drug-likeness (QED) is 0.0647. The molecular formula is C54H75NO15. The van der Waals surface area contributed by atoms with Crippen LogP contribution in [0.15, 0.2) is 109 Å². The molecule has 9 N–H and O–H groups in total. The Bertz CT molecular complexity index is 2040. The van der Waals surface area contributed by atoms with Gasteiger partial charge in [0, 0.05) is 69.2 Å². The summed E-state index contributed by atoms with van der Waals surface area (Å²) in [5, 5.41) is 75.2. The maximum atomic E-state index is 13.2. The van der Waals surface area contributed by atoms with Gasteiger partial charge in [0.1, 0.15) is 30.0 Å². The first-order chi connectivity index (χ1) is 33.2. The van der Waals surface area contributed by atoms with Crippen molar-refractivity contribution in [3.8, 4) is 0 Å². The van der Waals surface area contributed by atoms with Gasteiger partial charge in [-0.25, -0.2) is 0 Å². The number of carbonyl (C=O) groups is 5. The van der Waals surface area contributed by atoms with Crippen LogP contribution in [0.25, 0.3) is 0 Å². The SMILES string of the molecule is CO[C@H]1C=C/C=C/C=C/C=C/C=C/C=C/C=C/C(C)C(C(C)CC(C)C(O)CC(=O)c2ccc(N)cc2)OC(=O)CC(=O)CCCC(=O)CC(O)CC(O)CC(O)CC2(O)CC(O)[C@@H](C(=O)O)C(C1)O2. The summed E-state index contributed by atoms with van der Waals surface area (Å²) in [5.41, 5.74) is 6.70. The number of esters is 1. The van der Waals surface area contributed by atoms with Crippen molar-refractivity contribution < 1.29 is 73.9 Å². The van der Waals surface area contributed by atoms with Crippen molar-refractivity contribution in [2.24, 2.45) is 23.7 Å². The number of carboxylic acid groups (broad SMARTS) is 1. The van der Waals surface area contributed by atoms with E-state index in [-0.39, 0.29) is 74.9 Å². The number of aliphatic carboxylic acids is 1. The van der Waals surface area contributed by atoms with Gasteiger partial charge in [0.2, 0.25) is 0 Å². The molecule has 0 radical (unpaired) electrons. The molecule has 16 heteroatoms. The zero-order valence-electron chi connectivity index (χ0n) is 40.8. The van der Waals surface area contributed by atoms with Crippen LogP contribution >= 0.6 is 0 Å². The molecule has 3 rings (SSSR count). The number of allylic oxidation sites excluding steroid dienone is 12. The number of carbonyl (C=O) groups excluding carboxylic acids is 4. The molecule has 0 spiro atoms. The number of hydrogen-bond acceptors (Lipinski definition) is 15. The third-order valence-electron chi connectivity index (χ3n) is 12.5. The monoisotopic (exact) mass is 978 g/mol. The number of nitrogen functional groups attached to an aromatic ring is 1. The molecule has 2 heterocycles. The minimum absolute atomic E-state index is 0.0612. The molecule has 11 unspecified atom stereocenters. The van der Waals surface area contributed by atoms with E-state index >= 15 is 0 Å². The van der Waals surface area contributed by atoms with Crippen molar-refractivity contribution in [1.29, 1.82) is 0 Å². The molecule has 0 aliphatic carbocycles. The summed E-state index contributed by atoms with van der Waals surface area (Å²) >= 11 is 0. The number of methoxy groups -OCH3 is 1. The molecule has 0 aromatic heterocycles. The summed E-state index contributed by atoms with van der Waals surface area (Å²) in [6.07, 6.45) is 13.5. The van der Waals surface area contributed by atoms with E-state index in [0.717, 1.165) is 0 Å². The molecule has 70 heavy (non-hydrogen) atoms. The van der Waals surface area contributed by atoms with Gasteiger partial charge in [0.05, 0.1) is 42.7 Å². The molecule has 0 saturated carbocycles. The molecule has 1 saturated heterocycles. The van der Waals surface area contributed by atoms with Crippen LogP contribution in [0.3, 0.4) is 0 Å². The number of nitrogens with two attached hydrogens (primary N) is 1. The van der Waals surface area contributed by atoms with Gasteiger partial charge in [-0.2, -0.15) is 0 Å². The molecule has 386 valence electrons. The molecule has 13 atom stereocenters. The Hall–Kier alpha value is -5.17. The fraction of sp³-hybridized carbons (Fsp3) is 0.537. The summed E-state index contributed by atoms with van der Waals surface area (Å²) < 4.78 is 17.3. The summed E-state index contributed by atoms with van der Waals surface area (Å²) in [6.45, 7) is 5.58. The van der Waals surface area contributed by atoms with Gasteiger partial charge < -0.3 is 55.7 Å². The first-order valence-electron chi connectivity index (χ1n) is 24.1. The number of hydrogen-bond donors (Lipinski definition) is 8. The van der Waals surface area contributed by atoms with Gasteiger partial charge >= 0.3 is 11.9 Å². The molecular weight excluding hydrogens is 903 g/mol. The number of cyclic esters (lactones) is 1. The molecule has 1 aromatic carbocycles. The molecule has 1 aromatic rings. The minimum Gasteiger partial charge on any atom is -0.481 e. The molecule has 2 bridgehead atoms. The summed E-state index contributed by atoms with van der Waals surface area (Å²) in [7, 11) is 1.42. The Morgan fingerprint density at radius 1 is 0.786 bits per heavy atom. The predicted molar refractivity (Wildman–Crippen MR) is 264 cm³/mol. The van der Waals surface area contributed by atoms with Crippen LogP contribution in [0.5, 0.6) is 0 Å². The fourth-order valence-corrected chi connectivity index (χ4v) is 8.76. The van der Waals surface area contributed by atoms with Crippen molar-refractivity contribution in [2.75, 3.05) is 12.8 Å². The highest BCUT2D eigenvalue weighted by Gasteiger charge is 2.50. The average molecular weight is 978 g/mol. The number of ether oxygens (including phenoxy) is 3. The predicted octanol–water partition coefficient (Wildman–Crippen LogP) is 5.61. The Morgan fingerprint density at radius 2 is 1.34 bits per heavy atom. The third kappa shape index (κ3) is 21.9. The number of fused-ring (bicyclic) bond motifs is 2. The van der Waals surface area contributed by atoms with Gasteiger partial charge in [-0.1, -0.05) is 106 Å². The van der Waals surface area contributed by atoms with Crippen molar-refractivity contribution in [2.45, 2.75) is 152 Å². The van der Waals surface area contributed by atoms with Gasteiger partial charge in [-0.15, -0.1) is 0 Å². The molecule has 0 amide bonds. The number of anilines is 1. The van der Waals surface area contributed by atoms with Crippen molar-refractivity contribution in [3.05, 3.63) is 115 Å². The maximum absolute atomic E-state index is 13.2. The van der Waals surface area contributed by atoms with E-state index in [9.17, 15) is 59.7 Å². The lowest BCUT2D eigenvalue weighted by molar-refractivity contribution is -0.300. The van der Waals surface area contributed by atoms with Crippen LogP contribution in [0.1, 0.15) is 108 Å². The second-order valence-electron chi connectivity index (χ2n) is 18.7. The molecule has 16 nitrogen and oxygen atoms in total. The Kier molecular flexibility index (Phi) is 25.8. The highest BCUT2D eigenvalue weighted by molar-refractivity contribution is 5.97. The topological polar surface area (TPSA) is 281 Å². The van der Waals surface area contributed by atoms with Gasteiger partial charge in [-0.05, 0) is 61.8 Å². The van der Waals surface area contributed by atoms with E-state index < -0.39 is 103 Å². The first-order valence-corrected chi connectivity index (χ1v) is 24.1. The van der Waals surface area contributed by atoms with E-state index in [1.165, 1.54) is 7.11 Å². The van der Waals surface area contributed by atoms with Crippen LogP contribution < -0.4 is 5.73 Å². The standard InChI is InChI=1S/C54H75NO15/c1-35-18-15-13-11-9-7-5-6-8-10-12-14-16-21-45(68-4)31-49-51(53(65)66)48(63)34-54(67,70-49)33-44(60)29-43(59)28-42(58)27-40(56)19-17-20-41(57)30-50(64)69-52(35)37(3)26-36(2)46(61)32-47(62)38-22-24-39(55)25-23-38/h5-16,18,21-25,35-37,42-46,48-49,51-52,58-61,63,67H,17,19-20,26-34,55H2,1-4H3,(H,65,66)/b6-5+,9-7+,10-8+,13-11+,14-12+,18-15+,21-16?/t35?,36?,37?,42?,43?,44?,45-,46?,48?,49?,51+,52?,54?/m0/s1. The zero-order chi connectivity index (χ0) is 51.8. The molecule has 2 aliphatic heterocycles. The second kappa shape index (κ2) is 30.5. The Balaban J connectivity index is 1.76. The van der Waals surface area contributed by atoms with Gasteiger partial charge in [-0.3, -0.25) is 24.0 Å². The van der Waals surface area contributed by atoms with Crippen molar-refractivity contribution in [3.63, 3.8) is 0 Å². The van der Waals surface area contributed by atoms with Gasteiger partial charge in [0.25, 0.3) is 0 Å². The van der Waals surface area contributed by atoms with Crippen LogP contribution in [-0.4, -0.2) is 127 Å². The summed E-state index contributed by atoms with van der Waals surface area (Å²) in [5.74, 6) is -7.71. The van der Waals surface area contributed by atoms with Gasteiger partial charge in [0.15, 0.2) is 11.6 Å². The number of carboxylic acids is 1. The lowest BCUT2D eigenvalue weighted by Crippen LogP contribution is -2.56. The third-order valence-corrected chi connectivity index (χ3v) is 12.5. The highest BCUT2D eigenvalue weighted by atomic mass is 16.6. The smallest absolute Gasteiger partial charge is 0.313 e. The van der Waals surface area contributed by atoms with Crippen molar-refractivity contribution >= 4 is 35.0 Å². The van der Waals surface area contributed by atoms with E-state index in [2.05, 4.69) is 0 Å². The number of aliphatic hydroxyl groups excluding tert-OH is 5. The Morgan fingerprint density at radius 3 is 1.93 bits per heavy atom. The maximum Gasteiger partial charge on any atom is 0.313 e. The minimum atomic E-state index is -2.17. The number of rotatable bonds is 9. The largest absolute Gasteiger partial charge is 0.481 e. The van der Waals surface area contributed by atoms with Crippen molar-refractivity contribution in [1.82, 2.24) is 0 Å². The first kappa shape index (κ1) is 59.1. The summed E-state index contributed by atoms with van der Waals surface area (Å²) in [6, 6.07) is 6.47. The van der Waals surface area contributed by atoms with E-state index in [0.29, 0.717) is 17.7 Å². The molecule has 2 aliphatic rings. The Labute approximate surface area is 411 Å². The van der Waals surface area contributed by atoms with E-state index in [1.807, 2.05) is 75.5 Å². The average Bonchev–Trinajstić information content (AvgIpc) is 3.26. The normalized spacial score (nSPS) is 33.1. The number of ketones is 3. The number of benzene rings is 1. The van der Waals surface area contributed by atoms with Crippen LogP contribution in [0.2, 0.25) is 0 Å². The van der Waals surface area contributed by atoms with E-state index in [4.69, 9.17) is 19.9 Å². The van der Waals surface area contributed by atoms with E-state index in [1.54, 1.807) is 54.6 Å². The number of Topliss-reactive ketones (excluding diaryl/α,β-unsaturated/α-hetero) is 3. The number of aliphatic hydroxyl groups is 6. The summed E-state index contributed by atoms with van der Waals surface area (Å²) in [4.78, 5) is 64.0. The zero-order valence-corrected chi connectivity index (χ0v) is 40.8. The highest BCUT2D eigenvalue weighted by Crippen LogP contribution is 2.37. The lowest BCUT2D eigenvalue weighted by Gasteiger charge is -2.44. The van der Waals surface area contributed by atoms with Crippen LogP contribution in [-0.2, 0) is 33.4 Å². The fourth-order valence-electron chi connectivity index (χ4n) is 8.76. The second-order valence-corrected chi connectivity index (χ2v) is 18.7. The van der Waals surface area contributed by atoms with Crippen LogP contribution in [0, 0.1) is 23.7 Å².